The molecule has 1 fully saturated rings. The second kappa shape index (κ2) is 7.81. The van der Waals surface area contributed by atoms with Gasteiger partial charge in [0.25, 0.3) is 0 Å². The number of hydrogen-bond donors (Lipinski definition) is 1. The zero-order valence-electron chi connectivity index (χ0n) is 14.1. The molecule has 5 nitrogen and oxygen atoms in total. The van der Waals surface area contributed by atoms with E-state index >= 15 is 0 Å². The number of nitrogens with one attached hydrogen (secondary N) is 1. The molecular formula is C19H24N4O. The van der Waals surface area contributed by atoms with Gasteiger partial charge in [-0.2, -0.15) is 5.10 Å². The maximum absolute atomic E-state index is 12.3. The lowest BCUT2D eigenvalue weighted by Crippen LogP contribution is -2.25. The van der Waals surface area contributed by atoms with E-state index in [2.05, 4.69) is 21.4 Å². The standard InChI is InChI=1S/C19H24N4O/c1-22-15-16(14-20-22)10-11-19(24)21-17-8-4-5-9-18(17)23-12-6-2-3-7-13-23/h4-5,8-11,14-15H,2-3,6-7,12-13H2,1H3,(H,21,24). The van der Waals surface area contributed by atoms with E-state index < -0.39 is 0 Å². The van der Waals surface area contributed by atoms with E-state index in [9.17, 15) is 4.79 Å². The fourth-order valence-corrected chi connectivity index (χ4v) is 3.04. The van der Waals surface area contributed by atoms with E-state index in [0.717, 1.165) is 30.0 Å². The molecule has 0 aliphatic carbocycles. The van der Waals surface area contributed by atoms with Gasteiger partial charge in [-0.05, 0) is 31.1 Å². The number of aromatic nitrogens is 2. The van der Waals surface area contributed by atoms with Crippen LogP contribution < -0.4 is 10.2 Å². The SMILES string of the molecule is Cn1cc(C=CC(=O)Nc2ccccc2N2CCCCCC2)cn1. The molecule has 1 aromatic heterocycles. The number of aryl methyl sites for hydroxylation is 1. The van der Waals surface area contributed by atoms with Crippen molar-refractivity contribution < 1.29 is 4.79 Å². The Labute approximate surface area is 143 Å². The number of carbonyl (C=O) groups excluding carboxylic acids is 1. The van der Waals surface area contributed by atoms with Gasteiger partial charge in [0, 0.05) is 38.0 Å². The average Bonchev–Trinajstić information content (AvgIpc) is 2.83. The highest BCUT2D eigenvalue weighted by Crippen LogP contribution is 2.27. The first kappa shape index (κ1) is 16.3. The number of rotatable bonds is 4. The monoisotopic (exact) mass is 324 g/mol. The van der Waals surface area contributed by atoms with E-state index in [0.29, 0.717) is 0 Å². The topological polar surface area (TPSA) is 50.2 Å². The zero-order valence-corrected chi connectivity index (χ0v) is 14.1. The molecule has 0 atom stereocenters. The molecule has 126 valence electrons. The number of carbonyl (C=O) groups is 1. The summed E-state index contributed by atoms with van der Waals surface area (Å²) in [6.45, 7) is 2.11. The zero-order chi connectivity index (χ0) is 16.8. The van der Waals surface area contributed by atoms with Gasteiger partial charge in [0.05, 0.1) is 17.6 Å². The highest BCUT2D eigenvalue weighted by atomic mass is 16.1. The van der Waals surface area contributed by atoms with Crippen molar-refractivity contribution in [2.45, 2.75) is 25.7 Å². The highest BCUT2D eigenvalue weighted by Gasteiger charge is 2.14. The van der Waals surface area contributed by atoms with Crippen LogP contribution in [-0.2, 0) is 11.8 Å². The van der Waals surface area contributed by atoms with Crippen molar-refractivity contribution in [3.63, 3.8) is 0 Å². The summed E-state index contributed by atoms with van der Waals surface area (Å²) in [6, 6.07) is 8.05. The molecule has 0 bridgehead atoms. The predicted molar refractivity (Wildman–Crippen MR) is 98.0 cm³/mol. The summed E-state index contributed by atoms with van der Waals surface area (Å²) in [4.78, 5) is 14.6. The number of hydrogen-bond acceptors (Lipinski definition) is 3. The van der Waals surface area contributed by atoms with Gasteiger partial charge in [-0.25, -0.2) is 0 Å². The van der Waals surface area contributed by atoms with Crippen molar-refractivity contribution in [1.29, 1.82) is 0 Å². The maximum atomic E-state index is 12.3. The van der Waals surface area contributed by atoms with Crippen LogP contribution in [0.3, 0.4) is 0 Å². The van der Waals surface area contributed by atoms with Crippen molar-refractivity contribution in [3.8, 4) is 0 Å². The van der Waals surface area contributed by atoms with Gasteiger partial charge >= 0.3 is 0 Å². The minimum absolute atomic E-state index is 0.124. The van der Waals surface area contributed by atoms with Gasteiger partial charge in [0.15, 0.2) is 0 Å². The quantitative estimate of drug-likeness (QED) is 0.876. The van der Waals surface area contributed by atoms with Gasteiger partial charge < -0.3 is 10.2 Å². The molecule has 0 saturated carbocycles. The fraction of sp³-hybridized carbons (Fsp3) is 0.368. The molecule has 0 radical (unpaired) electrons. The Balaban J connectivity index is 1.70. The first-order chi connectivity index (χ1) is 11.7. The molecule has 0 unspecified atom stereocenters. The molecule has 2 aromatic rings. The number of benzene rings is 1. The molecule has 1 aromatic carbocycles. The Morgan fingerprint density at radius 1 is 1.17 bits per heavy atom. The van der Waals surface area contributed by atoms with E-state index in [4.69, 9.17) is 0 Å². The van der Waals surface area contributed by atoms with Crippen LogP contribution in [0.1, 0.15) is 31.2 Å². The first-order valence-electron chi connectivity index (χ1n) is 8.54. The molecule has 1 amide bonds. The van der Waals surface area contributed by atoms with Crippen molar-refractivity contribution in [1.82, 2.24) is 9.78 Å². The van der Waals surface area contributed by atoms with Crippen LogP contribution in [0.2, 0.25) is 0 Å². The number of para-hydroxylation sites is 2. The van der Waals surface area contributed by atoms with Crippen LogP contribution in [0.25, 0.3) is 6.08 Å². The lowest BCUT2D eigenvalue weighted by atomic mass is 10.2. The number of amides is 1. The summed E-state index contributed by atoms with van der Waals surface area (Å²) in [5.74, 6) is -0.124. The van der Waals surface area contributed by atoms with Crippen LogP contribution in [0.5, 0.6) is 0 Å². The molecule has 5 heteroatoms. The Morgan fingerprint density at radius 3 is 2.62 bits per heavy atom. The van der Waals surface area contributed by atoms with Crippen molar-refractivity contribution in [2.24, 2.45) is 7.05 Å². The van der Waals surface area contributed by atoms with Crippen LogP contribution in [-0.4, -0.2) is 28.8 Å². The smallest absolute Gasteiger partial charge is 0.248 e. The van der Waals surface area contributed by atoms with Crippen molar-refractivity contribution >= 4 is 23.4 Å². The Bertz CT molecular complexity index is 712. The summed E-state index contributed by atoms with van der Waals surface area (Å²) < 4.78 is 1.71. The van der Waals surface area contributed by atoms with Crippen LogP contribution in [0.15, 0.2) is 42.7 Å². The molecule has 2 heterocycles. The van der Waals surface area contributed by atoms with Gasteiger partial charge in [-0.1, -0.05) is 25.0 Å². The summed E-state index contributed by atoms with van der Waals surface area (Å²) in [5, 5.41) is 7.10. The molecule has 1 aliphatic heterocycles. The van der Waals surface area contributed by atoms with Crippen LogP contribution >= 0.6 is 0 Å². The van der Waals surface area contributed by atoms with E-state index in [1.807, 2.05) is 31.4 Å². The molecular weight excluding hydrogens is 300 g/mol. The van der Waals surface area contributed by atoms with E-state index in [-0.39, 0.29) is 5.91 Å². The number of nitrogens with zero attached hydrogens (tertiary/aromatic N) is 3. The summed E-state index contributed by atoms with van der Waals surface area (Å²) in [5.41, 5.74) is 2.90. The normalized spacial score (nSPS) is 15.5. The summed E-state index contributed by atoms with van der Waals surface area (Å²) in [7, 11) is 1.86. The molecule has 0 spiro atoms. The van der Waals surface area contributed by atoms with Gasteiger partial charge in [0.1, 0.15) is 0 Å². The third-order valence-corrected chi connectivity index (χ3v) is 4.26. The Hall–Kier alpha value is -2.56. The first-order valence-corrected chi connectivity index (χ1v) is 8.54. The van der Waals surface area contributed by atoms with Gasteiger partial charge in [0.2, 0.25) is 5.91 Å². The second-order valence-corrected chi connectivity index (χ2v) is 6.19. The van der Waals surface area contributed by atoms with Crippen LogP contribution in [0.4, 0.5) is 11.4 Å². The minimum Gasteiger partial charge on any atom is -0.370 e. The van der Waals surface area contributed by atoms with E-state index in [1.54, 1.807) is 23.0 Å². The fourth-order valence-electron chi connectivity index (χ4n) is 3.04. The third kappa shape index (κ3) is 4.25. The molecule has 1 N–H and O–H groups in total. The van der Waals surface area contributed by atoms with Crippen molar-refractivity contribution in [3.05, 3.63) is 48.3 Å². The average molecular weight is 324 g/mol. The Kier molecular flexibility index (Phi) is 5.31. The van der Waals surface area contributed by atoms with Gasteiger partial charge in [-0.15, -0.1) is 0 Å². The van der Waals surface area contributed by atoms with Crippen molar-refractivity contribution in [2.75, 3.05) is 23.3 Å². The van der Waals surface area contributed by atoms with Crippen LogP contribution in [0, 0.1) is 0 Å². The predicted octanol–water partition coefficient (Wildman–Crippen LogP) is 3.45. The number of anilines is 2. The minimum atomic E-state index is -0.124. The molecule has 3 rings (SSSR count). The summed E-state index contributed by atoms with van der Waals surface area (Å²) in [6.07, 6.45) is 11.9. The van der Waals surface area contributed by atoms with E-state index in [1.165, 1.54) is 25.7 Å². The highest BCUT2D eigenvalue weighted by molar-refractivity contribution is 6.03. The molecule has 1 saturated heterocycles. The lowest BCUT2D eigenvalue weighted by Gasteiger charge is -2.25. The third-order valence-electron chi connectivity index (χ3n) is 4.26. The Morgan fingerprint density at radius 2 is 1.92 bits per heavy atom. The lowest BCUT2D eigenvalue weighted by molar-refractivity contribution is -0.111. The summed E-state index contributed by atoms with van der Waals surface area (Å²) >= 11 is 0. The second-order valence-electron chi connectivity index (χ2n) is 6.19. The molecule has 1 aliphatic rings. The molecule has 24 heavy (non-hydrogen) atoms. The maximum Gasteiger partial charge on any atom is 0.248 e. The largest absolute Gasteiger partial charge is 0.370 e. The van der Waals surface area contributed by atoms with Gasteiger partial charge in [-0.3, -0.25) is 9.48 Å².